The molecule has 1 aliphatic carbocycles. The predicted octanol–water partition coefficient (Wildman–Crippen LogP) is 5.64. The molecule has 3 aliphatic rings. The van der Waals surface area contributed by atoms with Gasteiger partial charge < -0.3 is 9.64 Å². The Labute approximate surface area is 206 Å². The van der Waals surface area contributed by atoms with Gasteiger partial charge in [0.1, 0.15) is 10.1 Å². The summed E-state index contributed by atoms with van der Waals surface area (Å²) in [4.78, 5) is 29.6. The number of hydrogen-bond acceptors (Lipinski definition) is 5. The van der Waals surface area contributed by atoms with Crippen LogP contribution < -0.4 is 4.74 Å². The van der Waals surface area contributed by atoms with E-state index in [-0.39, 0.29) is 11.8 Å². The van der Waals surface area contributed by atoms with Crippen molar-refractivity contribution in [2.75, 3.05) is 19.6 Å². The van der Waals surface area contributed by atoms with Crippen LogP contribution in [0.3, 0.4) is 0 Å². The summed E-state index contributed by atoms with van der Waals surface area (Å²) in [6.45, 7) is 4.44. The molecule has 178 valence electrons. The molecule has 2 aliphatic heterocycles. The van der Waals surface area contributed by atoms with E-state index >= 15 is 0 Å². The third-order valence-electron chi connectivity index (χ3n) is 6.82. The molecule has 0 aromatic heterocycles. The molecule has 0 unspecified atom stereocenters. The van der Waals surface area contributed by atoms with Gasteiger partial charge in [0, 0.05) is 26.1 Å². The number of rotatable bonds is 7. The van der Waals surface area contributed by atoms with Gasteiger partial charge in [0.05, 0.1) is 11.0 Å². The first-order valence-corrected chi connectivity index (χ1v) is 13.5. The number of carbonyl (C=O) groups is 2. The van der Waals surface area contributed by atoms with Crippen LogP contribution >= 0.6 is 24.0 Å². The molecule has 5 nitrogen and oxygen atoms in total. The number of thiocarbonyl (C=S) groups is 1. The van der Waals surface area contributed by atoms with Crippen molar-refractivity contribution in [1.82, 2.24) is 9.80 Å². The minimum absolute atomic E-state index is 0.0632. The Balaban J connectivity index is 1.27. The Hall–Kier alpha value is -1.86. The van der Waals surface area contributed by atoms with Crippen LogP contribution in [0.4, 0.5) is 0 Å². The highest BCUT2D eigenvalue weighted by Crippen LogP contribution is 2.33. The van der Waals surface area contributed by atoms with E-state index in [2.05, 4.69) is 6.92 Å². The smallest absolute Gasteiger partial charge is 0.266 e. The van der Waals surface area contributed by atoms with E-state index < -0.39 is 0 Å². The molecule has 33 heavy (non-hydrogen) atoms. The predicted molar refractivity (Wildman–Crippen MR) is 138 cm³/mol. The number of piperidine rings is 1. The number of ether oxygens (including phenoxy) is 1. The van der Waals surface area contributed by atoms with E-state index in [9.17, 15) is 9.59 Å². The number of thioether (sulfide) groups is 1. The highest BCUT2D eigenvalue weighted by molar-refractivity contribution is 8.26. The van der Waals surface area contributed by atoms with Crippen LogP contribution in [-0.4, -0.2) is 51.7 Å². The third-order valence-corrected chi connectivity index (χ3v) is 8.19. The average Bonchev–Trinajstić information content (AvgIpc) is 3.08. The van der Waals surface area contributed by atoms with Crippen LogP contribution in [0.15, 0.2) is 29.2 Å². The Bertz CT molecular complexity index is 885. The molecule has 0 N–H and O–H groups in total. The molecule has 0 bridgehead atoms. The second kappa shape index (κ2) is 11.5. The molecule has 3 fully saturated rings. The number of carbonyl (C=O) groups excluding carboxylic acids is 2. The molecule has 1 aromatic carbocycles. The first kappa shape index (κ1) is 24.3. The monoisotopic (exact) mass is 486 g/mol. The number of hydrogen-bond donors (Lipinski definition) is 0. The zero-order valence-corrected chi connectivity index (χ0v) is 21.1. The fraction of sp³-hybridized carbons (Fsp3) is 0.577. The number of likely N-dealkylation sites (tertiary alicyclic amines) is 1. The number of nitrogens with zero attached hydrogens (tertiary/aromatic N) is 2. The number of amides is 2. The standard InChI is InChI=1S/C26H34N2O3S2/c1-19-13-16-27(17-14-19)24(29)8-5-15-28-25(30)23(33-26(28)32)18-20-9-11-22(12-10-20)31-21-6-3-2-4-7-21/h9-12,18-19,21H,2-8,13-17H2,1H3/b23-18-. The minimum Gasteiger partial charge on any atom is -0.490 e. The van der Waals surface area contributed by atoms with Crippen molar-refractivity contribution >= 4 is 46.2 Å². The van der Waals surface area contributed by atoms with Gasteiger partial charge >= 0.3 is 0 Å². The Morgan fingerprint density at radius 2 is 1.82 bits per heavy atom. The Kier molecular flexibility index (Phi) is 8.47. The number of benzene rings is 1. The quantitative estimate of drug-likeness (QED) is 0.369. The van der Waals surface area contributed by atoms with Gasteiger partial charge in [0.2, 0.25) is 5.91 Å². The highest BCUT2D eigenvalue weighted by Gasteiger charge is 2.32. The zero-order chi connectivity index (χ0) is 23.2. The normalized spacial score (nSPS) is 21.8. The topological polar surface area (TPSA) is 49.9 Å². The Morgan fingerprint density at radius 3 is 2.52 bits per heavy atom. The largest absolute Gasteiger partial charge is 0.490 e. The van der Waals surface area contributed by atoms with Gasteiger partial charge in [-0.05, 0) is 74.6 Å². The summed E-state index contributed by atoms with van der Waals surface area (Å²) in [5.41, 5.74) is 0.959. The first-order valence-electron chi connectivity index (χ1n) is 12.3. The molecule has 4 rings (SSSR count). The van der Waals surface area contributed by atoms with Crippen molar-refractivity contribution < 1.29 is 14.3 Å². The first-order chi connectivity index (χ1) is 16.0. The summed E-state index contributed by atoms with van der Waals surface area (Å²) < 4.78 is 6.67. The lowest BCUT2D eigenvalue weighted by Gasteiger charge is -2.30. The molecule has 2 amide bonds. The lowest BCUT2D eigenvalue weighted by Crippen LogP contribution is -2.38. The summed E-state index contributed by atoms with van der Waals surface area (Å²) in [6.07, 6.45) is 11.6. The van der Waals surface area contributed by atoms with Crippen LogP contribution in [0.2, 0.25) is 0 Å². The van der Waals surface area contributed by atoms with Crippen molar-refractivity contribution in [2.24, 2.45) is 5.92 Å². The van der Waals surface area contributed by atoms with Crippen LogP contribution in [0.5, 0.6) is 5.75 Å². The van der Waals surface area contributed by atoms with E-state index in [0.717, 1.165) is 50.1 Å². The van der Waals surface area contributed by atoms with Crippen LogP contribution in [0.1, 0.15) is 70.3 Å². The maximum Gasteiger partial charge on any atom is 0.266 e. The van der Waals surface area contributed by atoms with E-state index in [1.165, 1.54) is 31.0 Å². The van der Waals surface area contributed by atoms with Gasteiger partial charge in [-0.1, -0.05) is 49.5 Å². The average molecular weight is 487 g/mol. The van der Waals surface area contributed by atoms with Crippen LogP contribution in [0, 0.1) is 5.92 Å². The molecule has 1 aromatic rings. The summed E-state index contributed by atoms with van der Waals surface area (Å²) in [7, 11) is 0. The van der Waals surface area contributed by atoms with Gasteiger partial charge in [0.25, 0.3) is 5.91 Å². The van der Waals surface area contributed by atoms with Crippen LogP contribution in [0.25, 0.3) is 6.08 Å². The maximum absolute atomic E-state index is 12.9. The lowest BCUT2D eigenvalue weighted by molar-refractivity contribution is -0.133. The van der Waals surface area contributed by atoms with Gasteiger partial charge in [-0.25, -0.2) is 0 Å². The van der Waals surface area contributed by atoms with Gasteiger partial charge in [-0.2, -0.15) is 0 Å². The third kappa shape index (κ3) is 6.60. The molecular formula is C26H34N2O3S2. The minimum atomic E-state index is -0.0632. The van der Waals surface area contributed by atoms with Crippen molar-refractivity contribution in [2.45, 2.75) is 70.8 Å². The van der Waals surface area contributed by atoms with E-state index in [0.29, 0.717) is 40.6 Å². The molecule has 7 heteroatoms. The molecule has 0 radical (unpaired) electrons. The van der Waals surface area contributed by atoms with Gasteiger partial charge in [-0.3, -0.25) is 14.5 Å². The van der Waals surface area contributed by atoms with E-state index in [1.807, 2.05) is 35.2 Å². The summed E-state index contributed by atoms with van der Waals surface area (Å²) in [5.74, 6) is 1.72. The summed E-state index contributed by atoms with van der Waals surface area (Å²) in [5, 5.41) is 0. The van der Waals surface area contributed by atoms with E-state index in [4.69, 9.17) is 17.0 Å². The lowest BCUT2D eigenvalue weighted by atomic mass is 9.98. The van der Waals surface area contributed by atoms with Gasteiger partial charge in [-0.15, -0.1) is 0 Å². The summed E-state index contributed by atoms with van der Waals surface area (Å²) >= 11 is 6.79. The maximum atomic E-state index is 12.9. The fourth-order valence-electron chi connectivity index (χ4n) is 4.67. The fourth-order valence-corrected chi connectivity index (χ4v) is 5.98. The Morgan fingerprint density at radius 1 is 1.12 bits per heavy atom. The molecular weight excluding hydrogens is 452 g/mol. The zero-order valence-electron chi connectivity index (χ0n) is 19.5. The summed E-state index contributed by atoms with van der Waals surface area (Å²) in [6, 6.07) is 7.94. The SMILES string of the molecule is CC1CCN(C(=O)CCCN2C(=O)/C(=C/c3ccc(OC4CCCCC4)cc3)SC2=S)CC1. The molecule has 2 heterocycles. The second-order valence-electron chi connectivity index (χ2n) is 9.45. The van der Waals surface area contributed by atoms with Crippen molar-refractivity contribution in [3.05, 3.63) is 34.7 Å². The molecule has 2 saturated heterocycles. The van der Waals surface area contributed by atoms with Gasteiger partial charge in [0.15, 0.2) is 0 Å². The van der Waals surface area contributed by atoms with Crippen molar-refractivity contribution in [3.63, 3.8) is 0 Å². The molecule has 1 saturated carbocycles. The molecule has 0 atom stereocenters. The van der Waals surface area contributed by atoms with Crippen molar-refractivity contribution in [1.29, 1.82) is 0 Å². The van der Waals surface area contributed by atoms with Crippen LogP contribution in [-0.2, 0) is 9.59 Å². The second-order valence-corrected chi connectivity index (χ2v) is 11.1. The van der Waals surface area contributed by atoms with Crippen molar-refractivity contribution in [3.8, 4) is 5.75 Å². The highest BCUT2D eigenvalue weighted by atomic mass is 32.2. The molecule has 0 spiro atoms. The van der Waals surface area contributed by atoms with E-state index in [1.54, 1.807) is 4.90 Å².